The van der Waals surface area contributed by atoms with Crippen molar-refractivity contribution in [3.63, 3.8) is 0 Å². The zero-order valence-electron chi connectivity index (χ0n) is 12.7. The van der Waals surface area contributed by atoms with Gasteiger partial charge in [0.15, 0.2) is 0 Å². The highest BCUT2D eigenvalue weighted by molar-refractivity contribution is 9.10. The first-order valence-electron chi connectivity index (χ1n) is 7.13. The van der Waals surface area contributed by atoms with Gasteiger partial charge in [0.1, 0.15) is 16.2 Å². The fourth-order valence-corrected chi connectivity index (χ4v) is 2.73. The molecule has 0 aromatic carbocycles. The van der Waals surface area contributed by atoms with Gasteiger partial charge in [0.05, 0.1) is 0 Å². The van der Waals surface area contributed by atoms with Crippen molar-refractivity contribution >= 4 is 21.7 Å². The van der Waals surface area contributed by atoms with Crippen molar-refractivity contribution in [3.05, 3.63) is 16.5 Å². The topological polar surface area (TPSA) is 44.3 Å². The highest BCUT2D eigenvalue weighted by Crippen LogP contribution is 2.18. The van der Waals surface area contributed by atoms with Crippen LogP contribution in [0.5, 0.6) is 0 Å². The van der Waals surface area contributed by atoms with Gasteiger partial charge in [-0.05, 0) is 30.0 Å². The number of hydrogen-bond acceptors (Lipinski definition) is 5. The van der Waals surface area contributed by atoms with Crippen molar-refractivity contribution in [3.8, 4) is 0 Å². The molecule has 0 bridgehead atoms. The average molecular weight is 342 g/mol. The third-order valence-electron chi connectivity index (χ3n) is 3.73. The minimum absolute atomic E-state index is 0.330. The summed E-state index contributed by atoms with van der Waals surface area (Å²) in [4.78, 5) is 13.8. The molecule has 2 heterocycles. The first kappa shape index (κ1) is 15.7. The molecule has 5 nitrogen and oxygen atoms in total. The average Bonchev–Trinajstić information content (AvgIpc) is 2.39. The maximum absolute atomic E-state index is 4.58. The Kier molecular flexibility index (Phi) is 5.35. The highest BCUT2D eigenvalue weighted by Gasteiger charge is 2.21. The van der Waals surface area contributed by atoms with Crippen LogP contribution < -0.4 is 5.32 Å². The SMILES string of the molecule is CC(C)c1nc(Br)cc(NCC2CN(C)CCN2C)n1. The fourth-order valence-electron chi connectivity index (χ4n) is 2.33. The molecule has 6 heteroatoms. The molecule has 0 amide bonds. The molecule has 1 aliphatic rings. The minimum atomic E-state index is 0.330. The van der Waals surface area contributed by atoms with E-state index >= 15 is 0 Å². The maximum atomic E-state index is 4.58. The third-order valence-corrected chi connectivity index (χ3v) is 4.13. The molecule has 1 saturated heterocycles. The number of nitrogens with one attached hydrogen (secondary N) is 1. The van der Waals surface area contributed by atoms with Gasteiger partial charge in [-0.3, -0.25) is 4.90 Å². The quantitative estimate of drug-likeness (QED) is 0.849. The van der Waals surface area contributed by atoms with Crippen molar-refractivity contribution in [2.45, 2.75) is 25.8 Å². The summed E-state index contributed by atoms with van der Waals surface area (Å²) in [6, 6.07) is 2.46. The van der Waals surface area contributed by atoms with Gasteiger partial charge in [-0.2, -0.15) is 0 Å². The summed E-state index contributed by atoms with van der Waals surface area (Å²) in [7, 11) is 4.37. The lowest BCUT2D eigenvalue weighted by atomic mass is 10.2. The fraction of sp³-hybridized carbons (Fsp3) is 0.714. The Hall–Kier alpha value is -0.720. The second-order valence-corrected chi connectivity index (χ2v) is 6.68. The number of aromatic nitrogens is 2. The molecule has 20 heavy (non-hydrogen) atoms. The van der Waals surface area contributed by atoms with Gasteiger partial charge < -0.3 is 10.2 Å². The van der Waals surface area contributed by atoms with E-state index in [1.165, 1.54) is 0 Å². The summed E-state index contributed by atoms with van der Waals surface area (Å²) in [5.74, 6) is 2.10. The molecule has 1 fully saturated rings. The van der Waals surface area contributed by atoms with E-state index in [1.54, 1.807) is 0 Å². The monoisotopic (exact) mass is 341 g/mol. The van der Waals surface area contributed by atoms with Gasteiger partial charge in [-0.25, -0.2) is 9.97 Å². The molecule has 0 aliphatic carbocycles. The van der Waals surface area contributed by atoms with Crippen LogP contribution in [0.25, 0.3) is 0 Å². The standard InChI is InChI=1S/C14H24BrN5/c1-10(2)14-17-12(15)7-13(18-14)16-8-11-9-19(3)5-6-20(11)4/h7,10-11H,5-6,8-9H2,1-4H3,(H,16,17,18). The zero-order chi connectivity index (χ0) is 14.7. The molecule has 112 valence electrons. The van der Waals surface area contributed by atoms with Crippen molar-refractivity contribution in [1.29, 1.82) is 0 Å². The van der Waals surface area contributed by atoms with Crippen LogP contribution in [0.4, 0.5) is 5.82 Å². The summed E-state index contributed by atoms with van der Waals surface area (Å²) in [5, 5.41) is 3.45. The number of likely N-dealkylation sites (N-methyl/N-ethyl adjacent to an activating group) is 2. The Morgan fingerprint density at radius 1 is 1.35 bits per heavy atom. The van der Waals surface area contributed by atoms with Crippen LogP contribution in [0.1, 0.15) is 25.6 Å². The Labute approximate surface area is 129 Å². The minimum Gasteiger partial charge on any atom is -0.368 e. The molecule has 1 aliphatic heterocycles. The van der Waals surface area contributed by atoms with E-state index in [1.807, 2.05) is 6.07 Å². The predicted molar refractivity (Wildman–Crippen MR) is 86.2 cm³/mol. The van der Waals surface area contributed by atoms with E-state index < -0.39 is 0 Å². The van der Waals surface area contributed by atoms with Gasteiger partial charge in [0, 0.05) is 44.2 Å². The first-order valence-corrected chi connectivity index (χ1v) is 7.92. The highest BCUT2D eigenvalue weighted by atomic mass is 79.9. The van der Waals surface area contributed by atoms with Crippen LogP contribution in [0.3, 0.4) is 0 Å². The number of halogens is 1. The van der Waals surface area contributed by atoms with E-state index in [4.69, 9.17) is 0 Å². The molecular weight excluding hydrogens is 318 g/mol. The Bertz CT molecular complexity index is 451. The lowest BCUT2D eigenvalue weighted by molar-refractivity contribution is 0.122. The Balaban J connectivity index is 1.99. The Morgan fingerprint density at radius 2 is 2.10 bits per heavy atom. The van der Waals surface area contributed by atoms with Gasteiger partial charge in [0.25, 0.3) is 0 Å². The molecule has 0 radical (unpaired) electrons. The summed E-state index contributed by atoms with van der Waals surface area (Å²) in [5.41, 5.74) is 0. The van der Waals surface area contributed by atoms with Crippen LogP contribution in [0, 0.1) is 0 Å². The second-order valence-electron chi connectivity index (χ2n) is 5.87. The van der Waals surface area contributed by atoms with Gasteiger partial charge in [0.2, 0.25) is 0 Å². The van der Waals surface area contributed by atoms with E-state index in [0.29, 0.717) is 12.0 Å². The number of nitrogens with zero attached hydrogens (tertiary/aromatic N) is 4. The maximum Gasteiger partial charge on any atom is 0.134 e. The predicted octanol–water partition coefficient (Wildman–Crippen LogP) is 2.02. The molecule has 1 N–H and O–H groups in total. The van der Waals surface area contributed by atoms with Gasteiger partial charge >= 0.3 is 0 Å². The molecule has 1 aromatic heterocycles. The largest absolute Gasteiger partial charge is 0.368 e. The molecule has 1 unspecified atom stereocenters. The van der Waals surface area contributed by atoms with E-state index in [2.05, 4.69) is 69.0 Å². The second kappa shape index (κ2) is 6.83. The Morgan fingerprint density at radius 3 is 2.80 bits per heavy atom. The lowest BCUT2D eigenvalue weighted by Gasteiger charge is -2.37. The molecule has 0 saturated carbocycles. The zero-order valence-corrected chi connectivity index (χ0v) is 14.3. The molecular formula is C14H24BrN5. The van der Waals surface area contributed by atoms with Gasteiger partial charge in [-0.15, -0.1) is 0 Å². The van der Waals surface area contributed by atoms with Crippen molar-refractivity contribution < 1.29 is 0 Å². The van der Waals surface area contributed by atoms with Crippen LogP contribution in [-0.4, -0.2) is 66.1 Å². The summed E-state index contributed by atoms with van der Waals surface area (Å²) in [6.45, 7) is 8.47. The van der Waals surface area contributed by atoms with Crippen LogP contribution in [0.2, 0.25) is 0 Å². The van der Waals surface area contributed by atoms with Crippen LogP contribution in [0.15, 0.2) is 10.7 Å². The van der Waals surface area contributed by atoms with E-state index in [9.17, 15) is 0 Å². The normalized spacial score (nSPS) is 21.4. The number of piperazine rings is 1. The van der Waals surface area contributed by atoms with Crippen LogP contribution >= 0.6 is 15.9 Å². The first-order chi connectivity index (χ1) is 9.45. The van der Waals surface area contributed by atoms with Gasteiger partial charge in [-0.1, -0.05) is 13.8 Å². The summed E-state index contributed by atoms with van der Waals surface area (Å²) in [6.07, 6.45) is 0. The smallest absolute Gasteiger partial charge is 0.134 e. The third kappa shape index (κ3) is 4.14. The van der Waals surface area contributed by atoms with Crippen LogP contribution in [-0.2, 0) is 0 Å². The molecule has 0 spiro atoms. The number of rotatable bonds is 4. The van der Waals surface area contributed by atoms with Crippen molar-refractivity contribution in [2.75, 3.05) is 45.6 Å². The molecule has 2 rings (SSSR count). The van der Waals surface area contributed by atoms with Crippen molar-refractivity contribution in [2.24, 2.45) is 0 Å². The molecule has 1 aromatic rings. The summed E-state index contributed by atoms with van der Waals surface area (Å²) < 4.78 is 0.841. The summed E-state index contributed by atoms with van der Waals surface area (Å²) >= 11 is 3.46. The lowest BCUT2D eigenvalue weighted by Crippen LogP contribution is -2.52. The number of hydrogen-bond donors (Lipinski definition) is 1. The molecule has 1 atom stereocenters. The van der Waals surface area contributed by atoms with E-state index in [0.717, 1.165) is 42.4 Å². The van der Waals surface area contributed by atoms with Crippen molar-refractivity contribution in [1.82, 2.24) is 19.8 Å². The van der Waals surface area contributed by atoms with E-state index in [-0.39, 0.29) is 0 Å². The number of anilines is 1.